The molecule has 0 aromatic heterocycles. The molecule has 4 nitrogen and oxygen atoms in total. The number of rotatable bonds is 1. The number of hydrogen-bond acceptors (Lipinski definition) is 3. The Labute approximate surface area is 76.6 Å². The van der Waals surface area contributed by atoms with Gasteiger partial charge in [-0.05, 0) is 0 Å². The van der Waals surface area contributed by atoms with Crippen molar-refractivity contribution in [3.05, 3.63) is 0 Å². The van der Waals surface area contributed by atoms with Crippen molar-refractivity contribution >= 4 is 17.2 Å². The molecule has 0 fully saturated rings. The molecule has 12 heavy (non-hydrogen) atoms. The summed E-state index contributed by atoms with van der Waals surface area (Å²) in [4.78, 5) is 10.9. The second-order valence-corrected chi connectivity index (χ2v) is 3.52. The van der Waals surface area contributed by atoms with Gasteiger partial charge in [-0.25, -0.2) is 0 Å². The Morgan fingerprint density at radius 1 is 1.42 bits per heavy atom. The van der Waals surface area contributed by atoms with Gasteiger partial charge in [0.05, 0.1) is 6.07 Å². The lowest BCUT2D eigenvalue weighted by molar-refractivity contribution is -0.115. The Kier molecular flexibility index (Phi) is 23.9. The highest BCUT2D eigenvalue weighted by atomic mass is 32.2. The van der Waals surface area contributed by atoms with Crippen LogP contribution in [0.5, 0.6) is 0 Å². The molecular weight excluding hydrogens is 176 g/mol. The summed E-state index contributed by atoms with van der Waals surface area (Å²) >= 11 is 0. The minimum absolute atomic E-state index is 0.611. The Bertz CT molecular complexity index is 148. The first-order valence-electron chi connectivity index (χ1n) is 3.10. The third kappa shape index (κ3) is 486. The maximum absolute atomic E-state index is 9.56. The lowest BCUT2D eigenvalue weighted by Gasteiger charge is -1.93. The summed E-state index contributed by atoms with van der Waals surface area (Å²) in [5.74, 6) is 0. The van der Waals surface area contributed by atoms with Gasteiger partial charge in [0.1, 0.15) is 0 Å². The Morgan fingerprint density at radius 2 is 1.50 bits per heavy atom. The molecule has 0 radical (unpaired) electrons. The molecule has 0 saturated carbocycles. The minimum Gasteiger partial charge on any atom is -0.351 e. The van der Waals surface area contributed by atoms with Gasteiger partial charge < -0.3 is 4.90 Å². The quantitative estimate of drug-likeness (QED) is 0.559. The predicted molar refractivity (Wildman–Crippen MR) is 51.0 cm³/mol. The molecule has 0 unspecified atom stereocenters. The molecular formula is C7H16N2O2S. The summed E-state index contributed by atoms with van der Waals surface area (Å²) in [5, 5.41) is 7.32. The topological polar surface area (TPSA) is 61.2 Å². The molecule has 0 aliphatic heterocycles. The van der Waals surface area contributed by atoms with E-state index in [1.807, 2.05) is 0 Å². The van der Waals surface area contributed by atoms with Crippen molar-refractivity contribution in [3.63, 3.8) is 0 Å². The van der Waals surface area contributed by atoms with Crippen LogP contribution in [0.2, 0.25) is 0 Å². The fourth-order valence-electron chi connectivity index (χ4n) is 0. The van der Waals surface area contributed by atoms with Gasteiger partial charge in [-0.15, -0.1) is 0 Å². The van der Waals surface area contributed by atoms with E-state index in [2.05, 4.69) is 0 Å². The van der Waals surface area contributed by atoms with E-state index in [0.29, 0.717) is 0 Å². The van der Waals surface area contributed by atoms with Gasteiger partial charge in [0, 0.05) is 44.3 Å². The van der Waals surface area contributed by atoms with E-state index < -0.39 is 10.8 Å². The van der Waals surface area contributed by atoms with Crippen LogP contribution < -0.4 is 0 Å². The van der Waals surface area contributed by atoms with Crippen molar-refractivity contribution < 1.29 is 9.00 Å². The first-order chi connectivity index (χ1) is 5.42. The summed E-state index contributed by atoms with van der Waals surface area (Å²) < 4.78 is 9.56. The highest BCUT2D eigenvalue weighted by Gasteiger charge is 1.68. The molecule has 0 aliphatic carbocycles. The Hall–Kier alpha value is -0.890. The average Bonchev–Trinajstić information content (AvgIpc) is 1.88. The fourth-order valence-corrected chi connectivity index (χ4v) is 0. The van der Waals surface area contributed by atoms with E-state index in [4.69, 9.17) is 5.26 Å². The van der Waals surface area contributed by atoms with Crippen LogP contribution in [0.4, 0.5) is 0 Å². The molecule has 0 rings (SSSR count). The highest BCUT2D eigenvalue weighted by Crippen LogP contribution is 1.52. The molecule has 0 aliphatic rings. The third-order valence-corrected chi connectivity index (χ3v) is 0.211. The monoisotopic (exact) mass is 192 g/mol. The smallest absolute Gasteiger partial charge is 0.209 e. The summed E-state index contributed by atoms with van der Waals surface area (Å²) in [6.07, 6.45) is 4.03. The zero-order valence-electron chi connectivity index (χ0n) is 8.20. The van der Waals surface area contributed by atoms with E-state index >= 15 is 0 Å². The summed E-state index contributed by atoms with van der Waals surface area (Å²) in [7, 11) is 2.76. The van der Waals surface area contributed by atoms with Crippen LogP contribution in [-0.2, 0) is 15.6 Å². The maximum Gasteiger partial charge on any atom is 0.209 e. The van der Waals surface area contributed by atoms with Crippen LogP contribution in [0.1, 0.15) is 6.92 Å². The van der Waals surface area contributed by atoms with E-state index in [1.165, 1.54) is 11.8 Å². The Morgan fingerprint density at radius 3 is 1.50 bits per heavy atom. The fraction of sp³-hybridized carbons (Fsp3) is 0.714. The van der Waals surface area contributed by atoms with Crippen LogP contribution in [-0.4, -0.2) is 42.1 Å². The van der Waals surface area contributed by atoms with Crippen LogP contribution in [0.15, 0.2) is 0 Å². The molecule has 0 aromatic rings. The zero-order chi connectivity index (χ0) is 10.6. The SMILES string of the molecule is CC#N.CN(C)C=O.CS(C)=O. The van der Waals surface area contributed by atoms with Crippen molar-refractivity contribution in [2.45, 2.75) is 6.92 Å². The Balaban J connectivity index is -0.000000105. The molecule has 0 atom stereocenters. The van der Waals surface area contributed by atoms with E-state index in [1.54, 1.807) is 32.7 Å². The number of carbonyl (C=O) groups is 1. The standard InChI is InChI=1S/C3H7NO.C2H3N.C2H6OS/c1-4(2)3-5;1-2-3;1-4(2)3/h3H,1-2H3;1H3;1-2H3. The van der Waals surface area contributed by atoms with Crippen LogP contribution in [0, 0.1) is 11.3 Å². The number of hydrogen-bond donors (Lipinski definition) is 0. The molecule has 0 N–H and O–H groups in total. The molecule has 0 spiro atoms. The average molecular weight is 192 g/mol. The lowest BCUT2D eigenvalue weighted by atomic mass is 11.0. The number of nitriles is 1. The van der Waals surface area contributed by atoms with Crippen molar-refractivity contribution in [1.29, 1.82) is 5.26 Å². The highest BCUT2D eigenvalue weighted by molar-refractivity contribution is 7.83. The molecule has 0 saturated heterocycles. The van der Waals surface area contributed by atoms with Crippen LogP contribution >= 0.6 is 0 Å². The van der Waals surface area contributed by atoms with Crippen molar-refractivity contribution in [2.24, 2.45) is 0 Å². The molecule has 0 heterocycles. The van der Waals surface area contributed by atoms with E-state index in [-0.39, 0.29) is 0 Å². The van der Waals surface area contributed by atoms with Gasteiger partial charge in [-0.2, -0.15) is 5.26 Å². The molecule has 0 bridgehead atoms. The summed E-state index contributed by atoms with van der Waals surface area (Å²) in [6, 6.07) is 1.75. The summed E-state index contributed by atoms with van der Waals surface area (Å²) in [6.45, 7) is 1.43. The van der Waals surface area contributed by atoms with Gasteiger partial charge in [-0.3, -0.25) is 9.00 Å². The normalized spacial score (nSPS) is 6.42. The lowest BCUT2D eigenvalue weighted by Crippen LogP contribution is -2.06. The molecule has 1 amide bonds. The first-order valence-corrected chi connectivity index (χ1v) is 5.06. The van der Waals surface area contributed by atoms with Gasteiger partial charge >= 0.3 is 0 Å². The summed E-state index contributed by atoms with van der Waals surface area (Å²) in [5.41, 5.74) is 0. The van der Waals surface area contributed by atoms with Crippen LogP contribution in [0.3, 0.4) is 0 Å². The third-order valence-electron chi connectivity index (χ3n) is 0.211. The minimum atomic E-state index is -0.611. The van der Waals surface area contributed by atoms with Gasteiger partial charge in [-0.1, -0.05) is 0 Å². The van der Waals surface area contributed by atoms with Gasteiger partial charge in [0.2, 0.25) is 6.41 Å². The van der Waals surface area contributed by atoms with Crippen molar-refractivity contribution in [2.75, 3.05) is 26.6 Å². The maximum atomic E-state index is 9.56. The van der Waals surface area contributed by atoms with Gasteiger partial charge in [0.15, 0.2) is 0 Å². The van der Waals surface area contributed by atoms with Gasteiger partial charge in [0.25, 0.3) is 0 Å². The van der Waals surface area contributed by atoms with Crippen molar-refractivity contribution in [1.82, 2.24) is 4.90 Å². The largest absolute Gasteiger partial charge is 0.351 e. The first kappa shape index (κ1) is 17.3. The van der Waals surface area contributed by atoms with Crippen LogP contribution in [0.25, 0.3) is 0 Å². The predicted octanol–water partition coefficient (Wildman–Crippen LogP) is 0.229. The number of nitrogens with zero attached hydrogens (tertiary/aromatic N) is 2. The second-order valence-electron chi connectivity index (χ2n) is 2.03. The van der Waals surface area contributed by atoms with E-state index in [9.17, 15) is 9.00 Å². The van der Waals surface area contributed by atoms with E-state index in [0.717, 1.165) is 6.41 Å². The number of carbonyl (C=O) groups excluding carboxylic acids is 1. The molecule has 5 heteroatoms. The molecule has 0 aromatic carbocycles. The molecule has 72 valence electrons. The zero-order valence-corrected chi connectivity index (χ0v) is 9.01. The second kappa shape index (κ2) is 16.6. The van der Waals surface area contributed by atoms with Crippen molar-refractivity contribution in [3.8, 4) is 6.07 Å². The number of amides is 1.